The molecule has 82 valence electrons. The van der Waals surface area contributed by atoms with Crippen molar-refractivity contribution >= 4 is 21.8 Å². The Labute approximate surface area is 94.5 Å². The second-order valence-corrected chi connectivity index (χ2v) is 5.03. The normalized spacial score (nSPS) is 11.1. The van der Waals surface area contributed by atoms with Crippen LogP contribution in [-0.4, -0.2) is 24.5 Å². The van der Waals surface area contributed by atoms with Crippen molar-refractivity contribution in [1.29, 1.82) is 0 Å². The van der Waals surface area contributed by atoms with Gasteiger partial charge in [-0.2, -0.15) is 0 Å². The standard InChI is InChI=1S/C10H19BrN2O/c1-5-10(3,4)13-9(14)7-12-6-8(2)11/h12H,2,5-7H2,1,3-4H3,(H,13,14). The first-order valence-corrected chi connectivity index (χ1v) is 5.51. The summed E-state index contributed by atoms with van der Waals surface area (Å²) in [4.78, 5) is 11.4. The van der Waals surface area contributed by atoms with Gasteiger partial charge in [-0.05, 0) is 20.3 Å². The number of rotatable bonds is 6. The summed E-state index contributed by atoms with van der Waals surface area (Å²) in [6.45, 7) is 10.7. The summed E-state index contributed by atoms with van der Waals surface area (Å²) >= 11 is 3.21. The predicted molar refractivity (Wildman–Crippen MR) is 63.4 cm³/mol. The summed E-state index contributed by atoms with van der Waals surface area (Å²) in [6.07, 6.45) is 0.921. The first kappa shape index (κ1) is 13.7. The summed E-state index contributed by atoms with van der Waals surface area (Å²) in [5.41, 5.74) is -0.121. The Hall–Kier alpha value is -0.350. The van der Waals surface area contributed by atoms with Crippen LogP contribution in [0.1, 0.15) is 27.2 Å². The molecule has 0 unspecified atom stereocenters. The number of amides is 1. The number of carbonyl (C=O) groups is 1. The van der Waals surface area contributed by atoms with Gasteiger partial charge in [0.05, 0.1) is 6.54 Å². The van der Waals surface area contributed by atoms with E-state index in [0.29, 0.717) is 13.1 Å². The summed E-state index contributed by atoms with van der Waals surface area (Å²) in [7, 11) is 0. The SMILES string of the molecule is C=C(Br)CNCC(=O)NC(C)(C)CC. The zero-order chi connectivity index (χ0) is 11.2. The molecule has 4 heteroatoms. The number of hydrogen-bond acceptors (Lipinski definition) is 2. The highest BCUT2D eigenvalue weighted by Gasteiger charge is 2.16. The zero-order valence-electron chi connectivity index (χ0n) is 9.11. The third-order valence-electron chi connectivity index (χ3n) is 1.96. The summed E-state index contributed by atoms with van der Waals surface area (Å²) in [5.74, 6) is 0.0191. The van der Waals surface area contributed by atoms with Crippen molar-refractivity contribution in [2.24, 2.45) is 0 Å². The molecule has 0 spiro atoms. The fourth-order valence-electron chi connectivity index (χ4n) is 0.822. The zero-order valence-corrected chi connectivity index (χ0v) is 10.7. The van der Waals surface area contributed by atoms with Crippen molar-refractivity contribution in [2.75, 3.05) is 13.1 Å². The number of carbonyl (C=O) groups excluding carboxylic acids is 1. The van der Waals surface area contributed by atoms with Crippen molar-refractivity contribution in [3.05, 3.63) is 11.1 Å². The third-order valence-corrected chi connectivity index (χ3v) is 2.24. The van der Waals surface area contributed by atoms with Crippen LogP contribution in [-0.2, 0) is 4.79 Å². The van der Waals surface area contributed by atoms with E-state index >= 15 is 0 Å². The summed E-state index contributed by atoms with van der Waals surface area (Å²) < 4.78 is 0.847. The van der Waals surface area contributed by atoms with Gasteiger partial charge in [-0.15, -0.1) is 0 Å². The Bertz CT molecular complexity index is 214. The molecule has 0 saturated carbocycles. The van der Waals surface area contributed by atoms with E-state index in [1.54, 1.807) is 0 Å². The van der Waals surface area contributed by atoms with E-state index in [0.717, 1.165) is 10.9 Å². The molecule has 0 aromatic heterocycles. The van der Waals surface area contributed by atoms with E-state index < -0.39 is 0 Å². The second-order valence-electron chi connectivity index (χ2n) is 3.91. The van der Waals surface area contributed by atoms with Crippen LogP contribution in [0.5, 0.6) is 0 Å². The molecule has 0 atom stereocenters. The molecule has 0 heterocycles. The molecule has 0 aliphatic heterocycles. The van der Waals surface area contributed by atoms with Crippen LogP contribution in [0.4, 0.5) is 0 Å². The van der Waals surface area contributed by atoms with Crippen LogP contribution >= 0.6 is 15.9 Å². The molecule has 0 saturated heterocycles. The molecule has 0 aromatic rings. The van der Waals surface area contributed by atoms with Gasteiger partial charge in [0.1, 0.15) is 0 Å². The molecule has 3 nitrogen and oxygen atoms in total. The van der Waals surface area contributed by atoms with Crippen LogP contribution in [0, 0.1) is 0 Å². The number of nitrogens with one attached hydrogen (secondary N) is 2. The van der Waals surface area contributed by atoms with E-state index in [1.807, 2.05) is 20.8 Å². The highest BCUT2D eigenvalue weighted by Crippen LogP contribution is 2.05. The molecule has 0 aliphatic rings. The number of halogens is 1. The lowest BCUT2D eigenvalue weighted by molar-refractivity contribution is -0.121. The van der Waals surface area contributed by atoms with Crippen LogP contribution in [0.2, 0.25) is 0 Å². The molecule has 1 amide bonds. The number of hydrogen-bond donors (Lipinski definition) is 2. The molecular formula is C10H19BrN2O. The predicted octanol–water partition coefficient (Wildman–Crippen LogP) is 1.79. The van der Waals surface area contributed by atoms with Gasteiger partial charge in [0.15, 0.2) is 0 Å². The fraction of sp³-hybridized carbons (Fsp3) is 0.700. The molecule has 0 rings (SSSR count). The minimum atomic E-state index is -0.121. The fourth-order valence-corrected chi connectivity index (χ4v) is 1.02. The molecule has 0 fully saturated rings. The lowest BCUT2D eigenvalue weighted by atomic mass is 10.0. The highest BCUT2D eigenvalue weighted by molar-refractivity contribution is 9.11. The monoisotopic (exact) mass is 262 g/mol. The van der Waals surface area contributed by atoms with E-state index in [4.69, 9.17) is 0 Å². The minimum Gasteiger partial charge on any atom is -0.350 e. The van der Waals surface area contributed by atoms with Gasteiger partial charge in [0.25, 0.3) is 0 Å². The van der Waals surface area contributed by atoms with Gasteiger partial charge >= 0.3 is 0 Å². The van der Waals surface area contributed by atoms with Gasteiger partial charge in [-0.3, -0.25) is 4.79 Å². The molecule has 0 bridgehead atoms. The molecule has 0 aromatic carbocycles. The van der Waals surface area contributed by atoms with Crippen LogP contribution in [0.25, 0.3) is 0 Å². The Morgan fingerprint density at radius 3 is 2.43 bits per heavy atom. The Kier molecular flexibility index (Phi) is 6.04. The van der Waals surface area contributed by atoms with Crippen molar-refractivity contribution in [2.45, 2.75) is 32.7 Å². The molecule has 2 N–H and O–H groups in total. The van der Waals surface area contributed by atoms with Gasteiger partial charge in [0, 0.05) is 16.6 Å². The quantitative estimate of drug-likeness (QED) is 0.767. The van der Waals surface area contributed by atoms with Crippen LogP contribution < -0.4 is 10.6 Å². The summed E-state index contributed by atoms with van der Waals surface area (Å²) in [5, 5.41) is 5.91. The minimum absolute atomic E-state index is 0.0191. The second kappa shape index (κ2) is 6.19. The Morgan fingerprint density at radius 1 is 1.43 bits per heavy atom. The van der Waals surface area contributed by atoms with Gasteiger partial charge in [0.2, 0.25) is 5.91 Å². The van der Waals surface area contributed by atoms with Crippen LogP contribution in [0.15, 0.2) is 11.1 Å². The first-order valence-electron chi connectivity index (χ1n) is 4.72. The van der Waals surface area contributed by atoms with E-state index in [9.17, 15) is 4.79 Å². The van der Waals surface area contributed by atoms with Gasteiger partial charge in [-0.1, -0.05) is 29.4 Å². The van der Waals surface area contributed by atoms with Crippen LogP contribution in [0.3, 0.4) is 0 Å². The summed E-state index contributed by atoms with van der Waals surface area (Å²) in [6, 6.07) is 0. The smallest absolute Gasteiger partial charge is 0.234 e. The highest BCUT2D eigenvalue weighted by atomic mass is 79.9. The van der Waals surface area contributed by atoms with E-state index in [-0.39, 0.29) is 11.4 Å². The molecule has 14 heavy (non-hydrogen) atoms. The maximum Gasteiger partial charge on any atom is 0.234 e. The lowest BCUT2D eigenvalue weighted by Crippen LogP contribution is -2.46. The largest absolute Gasteiger partial charge is 0.350 e. The topological polar surface area (TPSA) is 41.1 Å². The first-order chi connectivity index (χ1) is 6.37. The third kappa shape index (κ3) is 7.09. The Balaban J connectivity index is 3.71. The van der Waals surface area contributed by atoms with Gasteiger partial charge < -0.3 is 10.6 Å². The molecule has 0 radical (unpaired) electrons. The van der Waals surface area contributed by atoms with E-state index in [1.165, 1.54) is 0 Å². The van der Waals surface area contributed by atoms with Crippen molar-refractivity contribution in [3.8, 4) is 0 Å². The Morgan fingerprint density at radius 2 is 2.00 bits per heavy atom. The maximum atomic E-state index is 11.4. The maximum absolute atomic E-state index is 11.4. The van der Waals surface area contributed by atoms with Crippen molar-refractivity contribution in [3.63, 3.8) is 0 Å². The van der Waals surface area contributed by atoms with Gasteiger partial charge in [-0.25, -0.2) is 0 Å². The van der Waals surface area contributed by atoms with E-state index in [2.05, 4.69) is 33.1 Å². The average molecular weight is 263 g/mol. The molecular weight excluding hydrogens is 244 g/mol. The molecule has 0 aliphatic carbocycles. The van der Waals surface area contributed by atoms with Crippen molar-refractivity contribution < 1.29 is 4.79 Å². The van der Waals surface area contributed by atoms with Crippen molar-refractivity contribution in [1.82, 2.24) is 10.6 Å². The average Bonchev–Trinajstić information content (AvgIpc) is 2.02. The lowest BCUT2D eigenvalue weighted by Gasteiger charge is -2.24.